The number of rotatable bonds is 6. The Morgan fingerprint density at radius 2 is 1.76 bits per heavy atom. The van der Waals surface area contributed by atoms with Crippen molar-refractivity contribution in [3.8, 4) is 5.75 Å². The molecule has 0 saturated heterocycles. The molecule has 4 nitrogen and oxygen atoms in total. The minimum atomic E-state index is -0.406. The zero-order chi connectivity index (χ0) is 15.3. The van der Waals surface area contributed by atoms with E-state index in [9.17, 15) is 0 Å². The number of para-hydroxylation sites is 1. The maximum atomic E-state index is 6.07. The molecule has 0 spiro atoms. The third kappa shape index (κ3) is 3.39. The van der Waals surface area contributed by atoms with Gasteiger partial charge >= 0.3 is 0 Å². The van der Waals surface area contributed by atoms with Crippen molar-refractivity contribution in [2.75, 3.05) is 27.9 Å². The summed E-state index contributed by atoms with van der Waals surface area (Å²) in [6.07, 6.45) is 3.94. The van der Waals surface area contributed by atoms with Crippen LogP contribution in [-0.2, 0) is 9.47 Å². The van der Waals surface area contributed by atoms with Gasteiger partial charge in [-0.2, -0.15) is 0 Å². The molecule has 118 valence electrons. The van der Waals surface area contributed by atoms with Crippen LogP contribution >= 0.6 is 0 Å². The van der Waals surface area contributed by atoms with Crippen LogP contribution in [0.15, 0.2) is 24.3 Å². The fourth-order valence-electron chi connectivity index (χ4n) is 3.52. The van der Waals surface area contributed by atoms with Crippen LogP contribution in [0.5, 0.6) is 5.75 Å². The van der Waals surface area contributed by atoms with Gasteiger partial charge in [0, 0.05) is 33.0 Å². The van der Waals surface area contributed by atoms with Crippen LogP contribution < -0.4 is 10.5 Å². The summed E-state index contributed by atoms with van der Waals surface area (Å²) in [4.78, 5) is 0. The lowest BCUT2D eigenvalue weighted by Crippen LogP contribution is -2.40. The Balaban J connectivity index is 2.13. The molecular weight excluding hydrogens is 266 g/mol. The van der Waals surface area contributed by atoms with Gasteiger partial charge in [0.15, 0.2) is 5.79 Å². The fraction of sp³-hybridized carbons (Fsp3) is 0.647. The summed E-state index contributed by atoms with van der Waals surface area (Å²) in [5, 5.41) is 0. The van der Waals surface area contributed by atoms with Crippen molar-refractivity contribution in [2.24, 2.45) is 11.7 Å². The van der Waals surface area contributed by atoms with Gasteiger partial charge in [-0.3, -0.25) is 0 Å². The second kappa shape index (κ2) is 7.25. The van der Waals surface area contributed by atoms with Crippen LogP contribution in [0.2, 0.25) is 0 Å². The zero-order valence-electron chi connectivity index (χ0n) is 13.3. The van der Waals surface area contributed by atoms with Gasteiger partial charge in [0.2, 0.25) is 0 Å². The van der Waals surface area contributed by atoms with Crippen LogP contribution in [0.3, 0.4) is 0 Å². The molecule has 2 rings (SSSR count). The standard InChI is InChI=1S/C17H27NO3/c1-19-16-7-5-4-6-14(16)15(12-18)13-8-10-17(20-2,21-3)11-9-13/h4-7,13,15H,8-12,18H2,1-3H3. The lowest BCUT2D eigenvalue weighted by Gasteiger charge is -2.40. The van der Waals surface area contributed by atoms with Gasteiger partial charge in [0.05, 0.1) is 7.11 Å². The first-order valence-electron chi connectivity index (χ1n) is 7.63. The molecule has 1 aliphatic rings. The highest BCUT2D eigenvalue weighted by molar-refractivity contribution is 5.37. The Hall–Kier alpha value is -1.10. The average molecular weight is 293 g/mol. The normalized spacial score (nSPS) is 20.2. The number of ether oxygens (including phenoxy) is 3. The number of hydrogen-bond donors (Lipinski definition) is 1. The molecule has 1 fully saturated rings. The SMILES string of the molecule is COc1ccccc1C(CN)C1CCC(OC)(OC)CC1. The number of hydrogen-bond acceptors (Lipinski definition) is 4. The molecule has 0 bridgehead atoms. The zero-order valence-corrected chi connectivity index (χ0v) is 13.3. The van der Waals surface area contributed by atoms with Crippen molar-refractivity contribution >= 4 is 0 Å². The Kier molecular flexibility index (Phi) is 5.62. The third-order valence-electron chi connectivity index (χ3n) is 4.90. The first-order chi connectivity index (χ1) is 10.2. The highest BCUT2D eigenvalue weighted by atomic mass is 16.7. The second-order valence-corrected chi connectivity index (χ2v) is 5.74. The monoisotopic (exact) mass is 293 g/mol. The summed E-state index contributed by atoms with van der Waals surface area (Å²) in [7, 11) is 5.17. The van der Waals surface area contributed by atoms with Gasteiger partial charge < -0.3 is 19.9 Å². The van der Waals surface area contributed by atoms with E-state index in [-0.39, 0.29) is 0 Å². The first-order valence-corrected chi connectivity index (χ1v) is 7.63. The van der Waals surface area contributed by atoms with Crippen LogP contribution in [0.1, 0.15) is 37.2 Å². The molecule has 1 aromatic rings. The van der Waals surface area contributed by atoms with Crippen molar-refractivity contribution in [2.45, 2.75) is 37.4 Å². The Morgan fingerprint density at radius 3 is 2.29 bits per heavy atom. The minimum absolute atomic E-state index is 0.327. The van der Waals surface area contributed by atoms with Gasteiger partial charge in [-0.15, -0.1) is 0 Å². The quantitative estimate of drug-likeness (QED) is 0.819. The molecule has 1 saturated carbocycles. The largest absolute Gasteiger partial charge is 0.496 e. The third-order valence-corrected chi connectivity index (χ3v) is 4.90. The van der Waals surface area contributed by atoms with Crippen molar-refractivity contribution < 1.29 is 14.2 Å². The lowest BCUT2D eigenvalue weighted by molar-refractivity contribution is -0.228. The van der Waals surface area contributed by atoms with Crippen LogP contribution in [0.25, 0.3) is 0 Å². The van der Waals surface area contributed by atoms with Gasteiger partial charge in [0.25, 0.3) is 0 Å². The number of nitrogens with two attached hydrogens (primary N) is 1. The molecule has 0 aromatic heterocycles. The Bertz CT molecular complexity index is 435. The average Bonchev–Trinajstić information content (AvgIpc) is 2.57. The van der Waals surface area contributed by atoms with Gasteiger partial charge in [-0.25, -0.2) is 0 Å². The van der Waals surface area contributed by atoms with E-state index in [1.807, 2.05) is 12.1 Å². The van der Waals surface area contributed by atoms with E-state index in [0.717, 1.165) is 31.4 Å². The summed E-state index contributed by atoms with van der Waals surface area (Å²) < 4.78 is 16.6. The van der Waals surface area contributed by atoms with E-state index in [2.05, 4.69) is 12.1 Å². The van der Waals surface area contributed by atoms with Gasteiger partial charge in [0.1, 0.15) is 5.75 Å². The predicted molar refractivity (Wildman–Crippen MR) is 83.5 cm³/mol. The van der Waals surface area contributed by atoms with E-state index in [4.69, 9.17) is 19.9 Å². The van der Waals surface area contributed by atoms with Crippen molar-refractivity contribution in [1.82, 2.24) is 0 Å². The molecule has 0 radical (unpaired) electrons. The van der Waals surface area contributed by atoms with Crippen molar-refractivity contribution in [3.05, 3.63) is 29.8 Å². The molecule has 1 atom stereocenters. The molecule has 1 aromatic carbocycles. The Labute approximate surface area is 127 Å². The summed E-state index contributed by atoms with van der Waals surface area (Å²) in [6.45, 7) is 0.637. The summed E-state index contributed by atoms with van der Waals surface area (Å²) in [6, 6.07) is 8.19. The number of methoxy groups -OCH3 is 3. The smallest absolute Gasteiger partial charge is 0.167 e. The first kappa shape index (κ1) is 16.3. The van der Waals surface area contributed by atoms with Crippen molar-refractivity contribution in [1.29, 1.82) is 0 Å². The lowest BCUT2D eigenvalue weighted by atomic mass is 9.74. The highest BCUT2D eigenvalue weighted by Crippen LogP contribution is 2.43. The summed E-state index contributed by atoms with van der Waals surface area (Å²) in [5.41, 5.74) is 7.29. The fourth-order valence-corrected chi connectivity index (χ4v) is 3.52. The molecule has 0 amide bonds. The van der Waals surface area contributed by atoms with Gasteiger partial charge in [-0.1, -0.05) is 18.2 Å². The van der Waals surface area contributed by atoms with Crippen LogP contribution in [0, 0.1) is 5.92 Å². The molecule has 1 aliphatic carbocycles. The molecule has 0 heterocycles. The van der Waals surface area contributed by atoms with E-state index < -0.39 is 5.79 Å². The maximum absolute atomic E-state index is 6.07. The van der Waals surface area contributed by atoms with Crippen LogP contribution in [-0.4, -0.2) is 33.7 Å². The maximum Gasteiger partial charge on any atom is 0.167 e. The topological polar surface area (TPSA) is 53.7 Å². The second-order valence-electron chi connectivity index (χ2n) is 5.74. The summed E-state index contributed by atoms with van der Waals surface area (Å²) >= 11 is 0. The van der Waals surface area contributed by atoms with E-state index in [1.54, 1.807) is 21.3 Å². The Morgan fingerprint density at radius 1 is 1.14 bits per heavy atom. The van der Waals surface area contributed by atoms with Crippen LogP contribution in [0.4, 0.5) is 0 Å². The summed E-state index contributed by atoms with van der Waals surface area (Å²) in [5.74, 6) is 1.40. The van der Waals surface area contributed by atoms with E-state index in [0.29, 0.717) is 18.4 Å². The minimum Gasteiger partial charge on any atom is -0.496 e. The molecule has 2 N–H and O–H groups in total. The molecule has 4 heteroatoms. The number of benzene rings is 1. The molecule has 21 heavy (non-hydrogen) atoms. The molecule has 0 aliphatic heterocycles. The van der Waals surface area contributed by atoms with Gasteiger partial charge in [-0.05, 0) is 36.9 Å². The predicted octanol–water partition coefficient (Wildman–Crippen LogP) is 2.92. The van der Waals surface area contributed by atoms with Crippen molar-refractivity contribution in [3.63, 3.8) is 0 Å². The molecule has 1 unspecified atom stereocenters. The highest BCUT2D eigenvalue weighted by Gasteiger charge is 2.38. The van der Waals surface area contributed by atoms with E-state index >= 15 is 0 Å². The van der Waals surface area contributed by atoms with E-state index in [1.165, 1.54) is 5.56 Å². The molecular formula is C17H27NO3.